The zero-order chi connectivity index (χ0) is 38.7. The van der Waals surface area contributed by atoms with Gasteiger partial charge < -0.3 is 32.8 Å². The first-order valence-corrected chi connectivity index (χ1v) is 18.5. The number of nitrogens with one attached hydrogen (secondary N) is 3. The molecule has 3 amide bonds. The number of hydrogen-bond acceptors (Lipinski definition) is 6. The van der Waals surface area contributed by atoms with Crippen LogP contribution in [0.2, 0.25) is 0 Å². The van der Waals surface area contributed by atoms with Gasteiger partial charge in [0.25, 0.3) is 11.8 Å². The predicted molar refractivity (Wildman–Crippen MR) is 218 cm³/mol. The number of amides is 3. The minimum absolute atomic E-state index is 0.149. The summed E-state index contributed by atoms with van der Waals surface area (Å²) in [5.74, 6) is 0.813. The molecule has 0 radical (unpaired) electrons. The highest BCUT2D eigenvalue weighted by atomic mass is 35.5. The molecule has 0 saturated carbocycles. The molecule has 0 fully saturated rings. The number of carbonyl (C=O) groups excluding carboxylic acids is 3. The van der Waals surface area contributed by atoms with Gasteiger partial charge in [-0.2, -0.15) is 0 Å². The Morgan fingerprint density at radius 3 is 1.76 bits per heavy atom. The van der Waals surface area contributed by atoms with Gasteiger partial charge in [-0.25, -0.2) is 4.98 Å². The molecule has 54 heavy (non-hydrogen) atoms. The standard InChI is InChI=1S/C26H26ClN5O.C14H19ClN4O2/c27-17-24(28)29-16-6-11-23(25-30-21-9-4-5-10-22(21)31-25)32-26(33)20-14-12-19(13-15-20)18-7-2-1-3-8-18;15-9-12(16)18-8-4-7-11(13(17)20)19-14(21)10-5-2-1-3-6-10/h1-5,7-10,12-15,23H,6,11,16-17H2,(H2,28,29)(H,30,31)(H,32,33);1-3,5-6,11H,4,7-9H2,(H2,16,18)(H2,17,20)(H,19,21)/t23-;11-/m00/s1. The lowest BCUT2D eigenvalue weighted by Crippen LogP contribution is -2.44. The van der Waals surface area contributed by atoms with Crippen LogP contribution in [0.5, 0.6) is 0 Å². The van der Waals surface area contributed by atoms with Crippen LogP contribution in [0.25, 0.3) is 22.2 Å². The Morgan fingerprint density at radius 1 is 0.648 bits per heavy atom. The van der Waals surface area contributed by atoms with Gasteiger partial charge in [0.2, 0.25) is 5.91 Å². The van der Waals surface area contributed by atoms with Crippen LogP contribution < -0.4 is 27.8 Å². The summed E-state index contributed by atoms with van der Waals surface area (Å²) >= 11 is 11.2. The molecule has 1 aromatic heterocycles. The Morgan fingerprint density at radius 2 is 1.17 bits per heavy atom. The summed E-state index contributed by atoms with van der Waals surface area (Å²) in [7, 11) is 0. The number of H-pyrrole nitrogens is 1. The van der Waals surface area contributed by atoms with E-state index in [1.165, 1.54) is 0 Å². The van der Waals surface area contributed by atoms with Crippen LogP contribution in [0.1, 0.15) is 58.3 Å². The van der Waals surface area contributed by atoms with Gasteiger partial charge >= 0.3 is 0 Å². The Hall–Kier alpha value is -5.72. The number of aliphatic imine (C=N–C) groups is 2. The molecule has 0 aliphatic heterocycles. The topological polar surface area (TPSA) is 207 Å². The van der Waals surface area contributed by atoms with E-state index in [4.69, 9.17) is 45.4 Å². The van der Waals surface area contributed by atoms with E-state index in [1.54, 1.807) is 24.3 Å². The highest BCUT2D eigenvalue weighted by Gasteiger charge is 2.20. The third kappa shape index (κ3) is 13.0. The summed E-state index contributed by atoms with van der Waals surface area (Å²) in [6.45, 7) is 0.973. The van der Waals surface area contributed by atoms with Crippen LogP contribution in [0, 0.1) is 0 Å². The maximum absolute atomic E-state index is 13.1. The van der Waals surface area contributed by atoms with E-state index in [-0.39, 0.29) is 29.6 Å². The minimum Gasteiger partial charge on any atom is -0.386 e. The van der Waals surface area contributed by atoms with Gasteiger partial charge in [0.1, 0.15) is 23.5 Å². The molecule has 5 rings (SSSR count). The number of rotatable bonds is 17. The number of primary amides is 1. The Balaban J connectivity index is 0.000000268. The summed E-state index contributed by atoms with van der Waals surface area (Å²) in [6.07, 6.45) is 2.35. The third-order valence-electron chi connectivity index (χ3n) is 8.19. The Bertz CT molecular complexity index is 1970. The van der Waals surface area contributed by atoms with Crippen LogP contribution in [0.15, 0.2) is 119 Å². The maximum Gasteiger partial charge on any atom is 0.251 e. The minimum atomic E-state index is -0.731. The zero-order valence-electron chi connectivity index (χ0n) is 29.8. The summed E-state index contributed by atoms with van der Waals surface area (Å²) in [4.78, 5) is 52.7. The largest absolute Gasteiger partial charge is 0.386 e. The first kappa shape index (κ1) is 41.0. The van der Waals surface area contributed by atoms with Crippen LogP contribution in [0.3, 0.4) is 0 Å². The number of para-hydroxylation sites is 2. The fraction of sp³-hybridized carbons (Fsp3) is 0.250. The molecule has 5 aromatic rings. The molecule has 2 atom stereocenters. The van der Waals surface area contributed by atoms with E-state index in [1.807, 2.05) is 84.9 Å². The number of nitrogens with two attached hydrogens (primary N) is 3. The fourth-order valence-electron chi connectivity index (χ4n) is 5.34. The SMILES string of the molecule is NC(=O)[C@H](CCCN=C(N)CCl)NC(=O)c1ccccc1.NC(CCl)=NCCC[C@H](NC(=O)c1ccc(-c2ccccc2)cc1)c1nc2ccccc2[nH]1. The highest BCUT2D eigenvalue weighted by Crippen LogP contribution is 2.22. The lowest BCUT2D eigenvalue weighted by atomic mass is 10.0. The summed E-state index contributed by atoms with van der Waals surface area (Å²) in [6, 6.07) is 33.1. The van der Waals surface area contributed by atoms with E-state index >= 15 is 0 Å². The average Bonchev–Trinajstić information content (AvgIpc) is 3.65. The second-order valence-corrected chi connectivity index (χ2v) is 12.7. The number of halogens is 2. The van der Waals surface area contributed by atoms with Crippen LogP contribution in [0.4, 0.5) is 0 Å². The van der Waals surface area contributed by atoms with E-state index in [2.05, 4.69) is 25.6 Å². The molecule has 282 valence electrons. The van der Waals surface area contributed by atoms with Gasteiger partial charge in [-0.15, -0.1) is 23.2 Å². The van der Waals surface area contributed by atoms with E-state index in [9.17, 15) is 14.4 Å². The van der Waals surface area contributed by atoms with Crippen molar-refractivity contribution < 1.29 is 14.4 Å². The molecule has 12 nitrogen and oxygen atoms in total. The number of aromatic nitrogens is 2. The second kappa shape index (κ2) is 21.7. The molecule has 0 aliphatic rings. The third-order valence-corrected chi connectivity index (χ3v) is 8.74. The zero-order valence-corrected chi connectivity index (χ0v) is 31.3. The number of alkyl halides is 2. The molecule has 9 N–H and O–H groups in total. The van der Waals surface area contributed by atoms with Crippen molar-refractivity contribution in [3.63, 3.8) is 0 Å². The summed E-state index contributed by atoms with van der Waals surface area (Å²) in [5.41, 5.74) is 21.5. The Kier molecular flexibility index (Phi) is 16.5. The Labute approximate surface area is 324 Å². The van der Waals surface area contributed by atoms with Crippen molar-refractivity contribution in [1.82, 2.24) is 20.6 Å². The molecule has 0 bridgehead atoms. The number of benzene rings is 4. The van der Waals surface area contributed by atoms with Crippen LogP contribution >= 0.6 is 23.2 Å². The number of nitrogens with zero attached hydrogens (tertiary/aromatic N) is 3. The van der Waals surface area contributed by atoms with Crippen molar-refractivity contribution in [2.24, 2.45) is 27.2 Å². The molecular formula is C40H45Cl2N9O3. The molecule has 0 aliphatic carbocycles. The van der Waals surface area contributed by atoms with Gasteiger partial charge in [0, 0.05) is 24.2 Å². The first-order chi connectivity index (χ1) is 26.2. The van der Waals surface area contributed by atoms with Gasteiger partial charge in [0.15, 0.2) is 0 Å². The predicted octanol–water partition coefficient (Wildman–Crippen LogP) is 5.72. The van der Waals surface area contributed by atoms with Crippen molar-refractivity contribution in [2.45, 2.75) is 37.8 Å². The monoisotopic (exact) mass is 769 g/mol. The quantitative estimate of drug-likeness (QED) is 0.0301. The fourth-order valence-corrected chi connectivity index (χ4v) is 5.51. The van der Waals surface area contributed by atoms with E-state index in [0.717, 1.165) is 34.4 Å². The van der Waals surface area contributed by atoms with Crippen molar-refractivity contribution in [2.75, 3.05) is 24.8 Å². The van der Waals surface area contributed by atoms with Crippen LogP contribution in [-0.2, 0) is 4.79 Å². The van der Waals surface area contributed by atoms with Gasteiger partial charge in [0.05, 0.1) is 28.8 Å². The van der Waals surface area contributed by atoms with Gasteiger partial charge in [-0.3, -0.25) is 24.4 Å². The van der Waals surface area contributed by atoms with Crippen molar-refractivity contribution >= 4 is 63.6 Å². The number of carbonyl (C=O) groups is 3. The second-order valence-electron chi connectivity index (χ2n) is 12.2. The molecule has 0 spiro atoms. The highest BCUT2D eigenvalue weighted by molar-refractivity contribution is 6.28. The lowest BCUT2D eigenvalue weighted by Gasteiger charge is -2.17. The molecule has 0 unspecified atom stereocenters. The van der Waals surface area contributed by atoms with Gasteiger partial charge in [-0.1, -0.05) is 72.8 Å². The summed E-state index contributed by atoms with van der Waals surface area (Å²) in [5, 5.41) is 5.75. The van der Waals surface area contributed by atoms with Crippen molar-refractivity contribution in [1.29, 1.82) is 0 Å². The number of hydrogen-bond donors (Lipinski definition) is 6. The molecule has 0 saturated heterocycles. The molecule has 1 heterocycles. The van der Waals surface area contributed by atoms with E-state index < -0.39 is 11.9 Å². The number of imidazole rings is 1. The molecule has 14 heteroatoms. The average molecular weight is 771 g/mol. The maximum atomic E-state index is 13.1. The lowest BCUT2D eigenvalue weighted by molar-refractivity contribution is -0.120. The van der Waals surface area contributed by atoms with Crippen molar-refractivity contribution in [3.05, 3.63) is 126 Å². The van der Waals surface area contributed by atoms with Crippen LogP contribution in [-0.4, -0.2) is 70.3 Å². The van der Waals surface area contributed by atoms with E-state index in [0.29, 0.717) is 55.2 Å². The normalized spacial score (nSPS) is 12.6. The number of fused-ring (bicyclic) bond motifs is 1. The molecular weight excluding hydrogens is 725 g/mol. The summed E-state index contributed by atoms with van der Waals surface area (Å²) < 4.78 is 0. The first-order valence-electron chi connectivity index (χ1n) is 17.4. The number of aromatic amines is 1. The smallest absolute Gasteiger partial charge is 0.251 e. The number of amidine groups is 2. The van der Waals surface area contributed by atoms with Crippen molar-refractivity contribution in [3.8, 4) is 11.1 Å². The van der Waals surface area contributed by atoms with Gasteiger partial charge in [-0.05, 0) is 73.2 Å². The molecule has 4 aromatic carbocycles.